The van der Waals surface area contributed by atoms with Gasteiger partial charge in [-0.25, -0.2) is 4.79 Å². The van der Waals surface area contributed by atoms with Crippen LogP contribution < -0.4 is 10.6 Å². The summed E-state index contributed by atoms with van der Waals surface area (Å²) in [7, 11) is 1.31. The molecule has 6 nitrogen and oxygen atoms in total. The zero-order chi connectivity index (χ0) is 17.9. The lowest BCUT2D eigenvalue weighted by Gasteiger charge is -2.28. The summed E-state index contributed by atoms with van der Waals surface area (Å²) in [5, 5.41) is 6.91. The van der Waals surface area contributed by atoms with Gasteiger partial charge in [0.05, 0.1) is 7.11 Å². The van der Waals surface area contributed by atoms with E-state index < -0.39 is 11.6 Å². The molecule has 0 spiro atoms. The summed E-state index contributed by atoms with van der Waals surface area (Å²) < 4.78 is 4.67. The van der Waals surface area contributed by atoms with Crippen molar-refractivity contribution >= 4 is 22.9 Å². The Hall–Kier alpha value is -2.50. The minimum atomic E-state index is -0.829. The number of ether oxygens (including phenoxy) is 1. The van der Waals surface area contributed by atoms with Gasteiger partial charge in [0.15, 0.2) is 0 Å². The van der Waals surface area contributed by atoms with Crippen molar-refractivity contribution in [3.63, 3.8) is 0 Å². The summed E-state index contributed by atoms with van der Waals surface area (Å²) >= 11 is 0. The number of rotatable bonds is 5. The molecule has 1 heterocycles. The Morgan fingerprint density at radius 3 is 2.76 bits per heavy atom. The first kappa shape index (κ1) is 17.3. The maximum atomic E-state index is 12.7. The second-order valence-corrected chi connectivity index (χ2v) is 6.77. The molecule has 2 aromatic rings. The normalized spacial score (nSPS) is 15.9. The number of aromatic amines is 1. The van der Waals surface area contributed by atoms with E-state index in [0.29, 0.717) is 19.4 Å². The van der Waals surface area contributed by atoms with E-state index in [9.17, 15) is 9.59 Å². The molecule has 1 saturated carbocycles. The summed E-state index contributed by atoms with van der Waals surface area (Å²) in [5.74, 6) is -0.119. The lowest BCUT2D eigenvalue weighted by Crippen LogP contribution is -2.57. The quantitative estimate of drug-likeness (QED) is 0.780. The highest BCUT2D eigenvalue weighted by atomic mass is 16.5. The SMILES string of the molecule is COC(=O)NC1(C(=O)NCCc2c[nH]c3cc(C)ccc23)CCCC1. The highest BCUT2D eigenvalue weighted by Gasteiger charge is 2.42. The number of fused-ring (bicyclic) bond motifs is 1. The van der Waals surface area contributed by atoms with E-state index in [1.54, 1.807) is 0 Å². The van der Waals surface area contributed by atoms with Crippen molar-refractivity contribution in [2.24, 2.45) is 0 Å². The van der Waals surface area contributed by atoms with Gasteiger partial charge >= 0.3 is 6.09 Å². The molecular weight excluding hydrogens is 318 g/mol. The molecule has 0 aliphatic heterocycles. The van der Waals surface area contributed by atoms with Gasteiger partial charge in [0, 0.05) is 23.6 Å². The lowest BCUT2D eigenvalue weighted by atomic mass is 9.96. The van der Waals surface area contributed by atoms with Crippen molar-refractivity contribution in [1.29, 1.82) is 0 Å². The summed E-state index contributed by atoms with van der Waals surface area (Å²) in [6, 6.07) is 6.31. The summed E-state index contributed by atoms with van der Waals surface area (Å²) in [4.78, 5) is 27.5. The van der Waals surface area contributed by atoms with Gasteiger partial charge in [-0.15, -0.1) is 0 Å². The number of carbonyl (C=O) groups excluding carboxylic acids is 2. The summed E-state index contributed by atoms with van der Waals surface area (Å²) in [6.07, 6.45) is 5.35. The molecule has 0 saturated heterocycles. The fraction of sp³-hybridized carbons (Fsp3) is 0.474. The third-order valence-corrected chi connectivity index (χ3v) is 5.02. The zero-order valence-electron chi connectivity index (χ0n) is 14.8. The number of H-pyrrole nitrogens is 1. The molecule has 1 aliphatic carbocycles. The molecule has 3 rings (SSSR count). The van der Waals surface area contributed by atoms with Gasteiger partial charge in [-0.2, -0.15) is 0 Å². The van der Waals surface area contributed by atoms with Crippen molar-refractivity contribution in [2.75, 3.05) is 13.7 Å². The number of alkyl carbamates (subject to hydrolysis) is 1. The molecule has 3 N–H and O–H groups in total. The number of carbonyl (C=O) groups is 2. The van der Waals surface area contributed by atoms with E-state index in [1.807, 2.05) is 6.20 Å². The molecule has 134 valence electrons. The largest absolute Gasteiger partial charge is 0.453 e. The average Bonchev–Trinajstić information content (AvgIpc) is 3.22. The van der Waals surface area contributed by atoms with Crippen molar-refractivity contribution in [3.8, 4) is 0 Å². The number of aryl methyl sites for hydroxylation is 1. The molecule has 1 aromatic carbocycles. The molecule has 6 heteroatoms. The first-order chi connectivity index (χ1) is 12.0. The van der Waals surface area contributed by atoms with E-state index in [-0.39, 0.29) is 5.91 Å². The third-order valence-electron chi connectivity index (χ3n) is 5.02. The van der Waals surface area contributed by atoms with Gasteiger partial charge in [-0.05, 0) is 43.4 Å². The molecule has 0 unspecified atom stereocenters. The van der Waals surface area contributed by atoms with Gasteiger partial charge < -0.3 is 20.4 Å². The van der Waals surface area contributed by atoms with Crippen LogP contribution >= 0.6 is 0 Å². The summed E-state index contributed by atoms with van der Waals surface area (Å²) in [6.45, 7) is 2.60. The van der Waals surface area contributed by atoms with Crippen LogP contribution in [0.1, 0.15) is 36.8 Å². The monoisotopic (exact) mass is 343 g/mol. The number of benzene rings is 1. The Balaban J connectivity index is 1.62. The van der Waals surface area contributed by atoms with Crippen LogP contribution in [0.3, 0.4) is 0 Å². The highest BCUT2D eigenvalue weighted by molar-refractivity contribution is 5.90. The van der Waals surface area contributed by atoms with Gasteiger partial charge in [0.1, 0.15) is 5.54 Å². The second-order valence-electron chi connectivity index (χ2n) is 6.77. The van der Waals surface area contributed by atoms with E-state index in [0.717, 1.165) is 24.8 Å². The fourth-order valence-corrected chi connectivity index (χ4v) is 3.62. The van der Waals surface area contributed by atoms with Gasteiger partial charge in [-0.3, -0.25) is 4.79 Å². The van der Waals surface area contributed by atoms with Crippen LogP contribution in [0.2, 0.25) is 0 Å². The Morgan fingerprint density at radius 2 is 2.04 bits per heavy atom. The fourth-order valence-electron chi connectivity index (χ4n) is 3.62. The van der Waals surface area contributed by atoms with E-state index in [2.05, 4.69) is 45.5 Å². The van der Waals surface area contributed by atoms with Crippen LogP contribution in [0.15, 0.2) is 24.4 Å². The molecule has 1 fully saturated rings. The van der Waals surface area contributed by atoms with Crippen molar-refractivity contribution in [2.45, 2.75) is 44.6 Å². The molecule has 1 aromatic heterocycles. The highest BCUT2D eigenvalue weighted by Crippen LogP contribution is 2.30. The Labute approximate surface area is 147 Å². The number of nitrogens with one attached hydrogen (secondary N) is 3. The van der Waals surface area contributed by atoms with Crippen LogP contribution in [-0.4, -0.2) is 36.2 Å². The van der Waals surface area contributed by atoms with Gasteiger partial charge in [0.25, 0.3) is 0 Å². The standard InChI is InChI=1S/C19H25N3O3/c1-13-5-6-15-14(12-21-16(15)11-13)7-10-20-17(23)19(8-3-4-9-19)22-18(24)25-2/h5-6,11-12,21H,3-4,7-10H2,1-2H3,(H,20,23)(H,22,24). The zero-order valence-corrected chi connectivity index (χ0v) is 14.8. The average molecular weight is 343 g/mol. The number of hydrogen-bond acceptors (Lipinski definition) is 3. The topological polar surface area (TPSA) is 83.2 Å². The van der Waals surface area contributed by atoms with Crippen LogP contribution in [0.4, 0.5) is 4.79 Å². The molecule has 0 atom stereocenters. The second kappa shape index (κ2) is 7.17. The Morgan fingerprint density at radius 1 is 1.28 bits per heavy atom. The Kier molecular flexibility index (Phi) is 4.97. The molecule has 25 heavy (non-hydrogen) atoms. The van der Waals surface area contributed by atoms with Crippen molar-refractivity contribution < 1.29 is 14.3 Å². The predicted molar refractivity (Wildman–Crippen MR) is 96.5 cm³/mol. The van der Waals surface area contributed by atoms with Crippen LogP contribution in [0.5, 0.6) is 0 Å². The minimum absolute atomic E-state index is 0.119. The maximum Gasteiger partial charge on any atom is 0.407 e. The number of methoxy groups -OCH3 is 1. The van der Waals surface area contributed by atoms with Gasteiger partial charge in [0.2, 0.25) is 5.91 Å². The molecular formula is C19H25N3O3. The molecule has 2 amide bonds. The van der Waals surface area contributed by atoms with Crippen LogP contribution in [0, 0.1) is 6.92 Å². The number of aromatic nitrogens is 1. The van der Waals surface area contributed by atoms with E-state index >= 15 is 0 Å². The first-order valence-electron chi connectivity index (χ1n) is 8.75. The smallest absolute Gasteiger partial charge is 0.407 e. The lowest BCUT2D eigenvalue weighted by molar-refractivity contribution is -0.127. The molecule has 0 radical (unpaired) electrons. The minimum Gasteiger partial charge on any atom is -0.453 e. The van der Waals surface area contributed by atoms with Crippen LogP contribution in [0.25, 0.3) is 10.9 Å². The van der Waals surface area contributed by atoms with E-state index in [4.69, 9.17) is 0 Å². The van der Waals surface area contributed by atoms with E-state index in [1.165, 1.54) is 23.6 Å². The predicted octanol–water partition coefficient (Wildman–Crippen LogP) is 2.80. The Bertz CT molecular complexity index is 775. The molecule has 1 aliphatic rings. The van der Waals surface area contributed by atoms with Crippen LogP contribution in [-0.2, 0) is 16.0 Å². The molecule has 0 bridgehead atoms. The maximum absolute atomic E-state index is 12.7. The van der Waals surface area contributed by atoms with Crippen molar-refractivity contribution in [1.82, 2.24) is 15.6 Å². The third kappa shape index (κ3) is 3.62. The van der Waals surface area contributed by atoms with Gasteiger partial charge in [-0.1, -0.05) is 25.0 Å². The number of amides is 2. The summed E-state index contributed by atoms with van der Waals surface area (Å²) in [5.41, 5.74) is 2.67. The first-order valence-corrected chi connectivity index (χ1v) is 8.75. The number of hydrogen-bond donors (Lipinski definition) is 3. The van der Waals surface area contributed by atoms with Crippen molar-refractivity contribution in [3.05, 3.63) is 35.5 Å².